The van der Waals surface area contributed by atoms with E-state index in [1.165, 1.54) is 35.7 Å². The second kappa shape index (κ2) is 15.1. The third-order valence-corrected chi connectivity index (χ3v) is 9.11. The average Bonchev–Trinajstić information content (AvgIpc) is 3.57. The average molecular weight is 760 g/mol. The summed E-state index contributed by atoms with van der Waals surface area (Å²) in [4.78, 5) is 47.7. The number of alkyl halides is 3. The maximum atomic E-state index is 14.6. The van der Waals surface area contributed by atoms with E-state index in [1.54, 1.807) is 31.1 Å². The van der Waals surface area contributed by atoms with Gasteiger partial charge in [-0.2, -0.15) is 13.2 Å². The molecule has 0 saturated carbocycles. The number of thiazole rings is 1. The van der Waals surface area contributed by atoms with Gasteiger partial charge in [-0.15, -0.1) is 5.06 Å². The standard InChI is InChI=1S/C34H27ClF5N7O4S/c1-45(2)33-44-28(19-5-3-6-21(17-19)47(51-31(49)34(38,39)40)30(48)27-23(36)7-4-8-24(27)37)29(52-33)25-11-12-41-32(43-25)42-20-9-10-26(22(35)18-20)46-13-15-50-16-14-46/h3-12,17-18H,13-16H2,1-2H3,(H,41,42,43). The lowest BCUT2D eigenvalue weighted by atomic mass is 10.1. The molecule has 0 bridgehead atoms. The molecule has 1 aliphatic rings. The Morgan fingerprint density at radius 2 is 1.69 bits per heavy atom. The number of carbonyl (C=O) groups is 2. The van der Waals surface area contributed by atoms with E-state index in [0.29, 0.717) is 52.7 Å². The van der Waals surface area contributed by atoms with E-state index >= 15 is 0 Å². The quantitative estimate of drug-likeness (QED) is 0.126. The number of morpholine rings is 1. The van der Waals surface area contributed by atoms with Crippen molar-refractivity contribution in [1.29, 1.82) is 0 Å². The van der Waals surface area contributed by atoms with Gasteiger partial charge >= 0.3 is 12.1 Å². The Balaban J connectivity index is 1.36. The topological polar surface area (TPSA) is 113 Å². The van der Waals surface area contributed by atoms with Crippen LogP contribution in [0.2, 0.25) is 5.02 Å². The molecule has 1 N–H and O–H groups in total. The van der Waals surface area contributed by atoms with Crippen molar-refractivity contribution in [2.24, 2.45) is 0 Å². The van der Waals surface area contributed by atoms with Crippen LogP contribution in [0, 0.1) is 11.6 Å². The summed E-state index contributed by atoms with van der Waals surface area (Å²) in [5, 5.41) is 4.07. The maximum Gasteiger partial charge on any atom is 0.493 e. The first-order chi connectivity index (χ1) is 24.8. The van der Waals surface area contributed by atoms with Gasteiger partial charge in [-0.1, -0.05) is 41.1 Å². The van der Waals surface area contributed by atoms with Gasteiger partial charge in [0, 0.05) is 44.6 Å². The maximum absolute atomic E-state index is 14.6. The number of hydrogen-bond donors (Lipinski definition) is 1. The first-order valence-corrected chi connectivity index (χ1v) is 16.6. The SMILES string of the molecule is CN(C)c1nc(-c2cccc(N(OC(=O)C(F)(F)F)C(=O)c3c(F)cccc3F)c2)c(-c2ccnc(Nc3ccc(N4CCOCC4)c(Cl)c3)n2)s1. The van der Waals surface area contributed by atoms with Crippen LogP contribution < -0.4 is 20.2 Å². The number of hydrogen-bond acceptors (Lipinski definition) is 11. The molecule has 52 heavy (non-hydrogen) atoms. The Morgan fingerprint density at radius 3 is 2.37 bits per heavy atom. The van der Waals surface area contributed by atoms with E-state index in [9.17, 15) is 31.5 Å². The van der Waals surface area contributed by atoms with Crippen LogP contribution in [0.15, 0.2) is 72.9 Å². The van der Waals surface area contributed by atoms with Crippen LogP contribution in [0.3, 0.4) is 0 Å². The lowest BCUT2D eigenvalue weighted by Gasteiger charge is -2.29. The summed E-state index contributed by atoms with van der Waals surface area (Å²) >= 11 is 7.84. The van der Waals surface area contributed by atoms with Gasteiger partial charge in [0.2, 0.25) is 5.95 Å². The van der Waals surface area contributed by atoms with Gasteiger partial charge in [-0.3, -0.25) is 4.79 Å². The van der Waals surface area contributed by atoms with Gasteiger partial charge in [-0.25, -0.2) is 28.5 Å². The zero-order valence-corrected chi connectivity index (χ0v) is 28.8. The number of rotatable bonds is 8. The minimum Gasteiger partial charge on any atom is -0.378 e. The number of carbonyl (C=O) groups excluding carboxylic acids is 2. The van der Waals surface area contributed by atoms with Crippen LogP contribution in [0.1, 0.15) is 10.4 Å². The van der Waals surface area contributed by atoms with Crippen LogP contribution >= 0.6 is 22.9 Å². The first kappa shape index (κ1) is 36.4. The van der Waals surface area contributed by atoms with Crippen molar-refractivity contribution in [3.8, 4) is 21.8 Å². The van der Waals surface area contributed by atoms with Crippen molar-refractivity contribution >= 4 is 63.0 Å². The molecule has 11 nitrogen and oxygen atoms in total. The molecule has 3 aromatic carbocycles. The van der Waals surface area contributed by atoms with Crippen LogP contribution in [-0.4, -0.2) is 73.4 Å². The van der Waals surface area contributed by atoms with E-state index in [0.717, 1.165) is 30.0 Å². The summed E-state index contributed by atoms with van der Waals surface area (Å²) in [7, 11) is 3.50. The number of hydroxylamine groups is 1. The van der Waals surface area contributed by atoms with Gasteiger partial charge in [0.15, 0.2) is 5.13 Å². The molecule has 1 amide bonds. The van der Waals surface area contributed by atoms with Gasteiger partial charge in [0.25, 0.3) is 5.91 Å². The molecule has 6 rings (SSSR count). The van der Waals surface area contributed by atoms with E-state index in [4.69, 9.17) is 16.3 Å². The molecule has 1 saturated heterocycles. The van der Waals surface area contributed by atoms with Crippen molar-refractivity contribution in [1.82, 2.24) is 15.0 Å². The third kappa shape index (κ3) is 7.90. The molecule has 3 heterocycles. The Kier molecular flexibility index (Phi) is 10.5. The Labute approximate surface area is 302 Å². The van der Waals surface area contributed by atoms with Crippen molar-refractivity contribution < 1.29 is 41.1 Å². The van der Waals surface area contributed by atoms with E-state index in [2.05, 4.69) is 30.0 Å². The second-order valence-electron chi connectivity index (χ2n) is 11.3. The fraction of sp³-hybridized carbons (Fsp3) is 0.206. The molecule has 0 radical (unpaired) electrons. The summed E-state index contributed by atoms with van der Waals surface area (Å²) < 4.78 is 74.5. The number of amides is 1. The molecule has 2 aromatic heterocycles. The second-order valence-corrected chi connectivity index (χ2v) is 12.7. The number of halogens is 6. The van der Waals surface area contributed by atoms with Crippen LogP contribution in [-0.2, 0) is 14.4 Å². The van der Waals surface area contributed by atoms with Crippen LogP contribution in [0.4, 0.5) is 50.1 Å². The molecule has 1 fully saturated rings. The molecule has 0 atom stereocenters. The van der Waals surface area contributed by atoms with Crippen LogP contribution in [0.5, 0.6) is 0 Å². The smallest absolute Gasteiger partial charge is 0.378 e. The van der Waals surface area contributed by atoms with E-state index in [-0.39, 0.29) is 22.3 Å². The predicted octanol–water partition coefficient (Wildman–Crippen LogP) is 7.51. The third-order valence-electron chi connectivity index (χ3n) is 7.56. The van der Waals surface area contributed by atoms with Crippen LogP contribution in [0.25, 0.3) is 21.8 Å². The molecule has 5 aromatic rings. The van der Waals surface area contributed by atoms with Gasteiger partial charge in [0.1, 0.15) is 17.2 Å². The summed E-state index contributed by atoms with van der Waals surface area (Å²) in [5.74, 6) is -7.02. The lowest BCUT2D eigenvalue weighted by Crippen LogP contribution is -2.39. The molecule has 0 spiro atoms. The van der Waals surface area contributed by atoms with Gasteiger partial charge in [-0.05, 0) is 48.5 Å². The fourth-order valence-electron chi connectivity index (χ4n) is 5.12. The highest BCUT2D eigenvalue weighted by molar-refractivity contribution is 7.19. The molecular weight excluding hydrogens is 733 g/mol. The summed E-state index contributed by atoms with van der Waals surface area (Å²) in [6, 6.07) is 14.8. The molecular formula is C34H27ClF5N7O4S. The normalized spacial score (nSPS) is 13.1. The highest BCUT2D eigenvalue weighted by Gasteiger charge is 2.44. The number of anilines is 5. The predicted molar refractivity (Wildman–Crippen MR) is 186 cm³/mol. The van der Waals surface area contributed by atoms with Crippen molar-refractivity contribution in [2.75, 3.05) is 60.6 Å². The zero-order chi connectivity index (χ0) is 37.2. The summed E-state index contributed by atoms with van der Waals surface area (Å²) in [5.41, 5.74) is 0.736. The number of aromatic nitrogens is 3. The molecule has 18 heteroatoms. The number of nitrogens with one attached hydrogen (secondary N) is 1. The fourth-order valence-corrected chi connectivity index (χ4v) is 6.40. The van der Waals surface area contributed by atoms with E-state index < -0.39 is 40.9 Å². The minimum absolute atomic E-state index is 0.109. The highest BCUT2D eigenvalue weighted by Crippen LogP contribution is 2.41. The van der Waals surface area contributed by atoms with Gasteiger partial charge in [0.05, 0.1) is 45.9 Å². The highest BCUT2D eigenvalue weighted by atomic mass is 35.5. The Bertz CT molecular complexity index is 2110. The lowest BCUT2D eigenvalue weighted by molar-refractivity contribution is -0.200. The van der Waals surface area contributed by atoms with Crippen molar-refractivity contribution in [3.05, 3.63) is 95.1 Å². The Hall–Kier alpha value is -5.39. The van der Waals surface area contributed by atoms with Crippen molar-refractivity contribution in [3.63, 3.8) is 0 Å². The summed E-state index contributed by atoms with van der Waals surface area (Å²) in [6.45, 7) is 2.63. The molecule has 0 unspecified atom stereocenters. The molecule has 1 aliphatic heterocycles. The number of ether oxygens (including phenoxy) is 1. The van der Waals surface area contributed by atoms with Crippen molar-refractivity contribution in [2.45, 2.75) is 6.18 Å². The zero-order valence-electron chi connectivity index (χ0n) is 27.2. The number of nitrogens with zero attached hydrogens (tertiary/aromatic N) is 6. The Morgan fingerprint density at radius 1 is 0.981 bits per heavy atom. The molecule has 0 aliphatic carbocycles. The largest absolute Gasteiger partial charge is 0.493 e. The summed E-state index contributed by atoms with van der Waals surface area (Å²) in [6.07, 6.45) is -4.02. The van der Waals surface area contributed by atoms with Gasteiger partial charge < -0.3 is 24.7 Å². The minimum atomic E-state index is -5.54. The monoisotopic (exact) mass is 759 g/mol. The number of benzene rings is 3. The van der Waals surface area contributed by atoms with E-state index in [1.807, 2.05) is 12.1 Å². The first-order valence-electron chi connectivity index (χ1n) is 15.4. The molecule has 270 valence electrons.